The van der Waals surface area contributed by atoms with Gasteiger partial charge in [0, 0.05) is 43.5 Å². The minimum Gasteiger partial charge on any atom is -0.480 e. The SMILES string of the molecule is Cc1ncc2c(c1CNC(=O)c1ccc3c(c1)OCO3)CCN(C(=O)[C@H]1Cc3ccccc3O1)C2. The third-order valence-electron chi connectivity index (χ3n) is 6.89. The number of ether oxygens (including phenoxy) is 3. The molecule has 1 aromatic heterocycles. The summed E-state index contributed by atoms with van der Waals surface area (Å²) >= 11 is 0. The first-order chi connectivity index (χ1) is 17.1. The van der Waals surface area contributed by atoms with Gasteiger partial charge in [0.1, 0.15) is 5.75 Å². The fourth-order valence-corrected chi connectivity index (χ4v) is 4.98. The molecule has 2 amide bonds. The van der Waals surface area contributed by atoms with E-state index >= 15 is 0 Å². The highest BCUT2D eigenvalue weighted by Gasteiger charge is 2.34. The number of amides is 2. The van der Waals surface area contributed by atoms with Crippen LogP contribution in [0.25, 0.3) is 0 Å². The van der Waals surface area contributed by atoms with Gasteiger partial charge in [-0.15, -0.1) is 0 Å². The minimum absolute atomic E-state index is 0.00471. The number of benzene rings is 2. The highest BCUT2D eigenvalue weighted by Crippen LogP contribution is 2.33. The van der Waals surface area contributed by atoms with Gasteiger partial charge < -0.3 is 24.4 Å². The molecule has 8 nitrogen and oxygen atoms in total. The van der Waals surface area contributed by atoms with Crippen LogP contribution in [0.15, 0.2) is 48.7 Å². The number of hydrogen-bond donors (Lipinski definition) is 1. The molecule has 0 saturated carbocycles. The van der Waals surface area contributed by atoms with Gasteiger partial charge in [0.05, 0.1) is 0 Å². The maximum Gasteiger partial charge on any atom is 0.264 e. The van der Waals surface area contributed by atoms with Gasteiger partial charge in [-0.05, 0) is 59.9 Å². The smallest absolute Gasteiger partial charge is 0.264 e. The first kappa shape index (κ1) is 21.5. The highest BCUT2D eigenvalue weighted by atomic mass is 16.7. The second-order valence-corrected chi connectivity index (χ2v) is 9.00. The number of nitrogens with zero attached hydrogens (tertiary/aromatic N) is 2. The summed E-state index contributed by atoms with van der Waals surface area (Å²) in [6.45, 7) is 3.57. The Bertz CT molecular complexity index is 1310. The van der Waals surface area contributed by atoms with Gasteiger partial charge in [0.25, 0.3) is 11.8 Å². The Morgan fingerprint density at radius 3 is 2.83 bits per heavy atom. The molecule has 8 heteroatoms. The van der Waals surface area contributed by atoms with Gasteiger partial charge in [0.2, 0.25) is 6.79 Å². The molecule has 0 bridgehead atoms. The average Bonchev–Trinajstić information content (AvgIpc) is 3.53. The summed E-state index contributed by atoms with van der Waals surface area (Å²) in [6.07, 6.45) is 2.67. The molecule has 0 spiro atoms. The molecule has 3 aliphatic rings. The van der Waals surface area contributed by atoms with E-state index in [4.69, 9.17) is 14.2 Å². The Morgan fingerprint density at radius 2 is 1.94 bits per heavy atom. The second-order valence-electron chi connectivity index (χ2n) is 9.00. The second kappa shape index (κ2) is 8.61. The van der Waals surface area contributed by atoms with E-state index in [2.05, 4.69) is 10.3 Å². The summed E-state index contributed by atoms with van der Waals surface area (Å²) in [4.78, 5) is 32.4. The van der Waals surface area contributed by atoms with E-state index in [0.717, 1.165) is 33.7 Å². The number of aromatic nitrogens is 1. The van der Waals surface area contributed by atoms with Crippen molar-refractivity contribution in [3.05, 3.63) is 82.2 Å². The standard InChI is InChI=1S/C27H25N3O5/c1-16-21(13-29-26(31)18-6-7-23-24(11-18)34-15-33-23)20-8-9-30(14-19(20)12-28-16)27(32)25-10-17-4-2-3-5-22(17)35-25/h2-7,11-12,25H,8-10,13-15H2,1H3,(H,29,31)/t25-/m1/s1. The van der Waals surface area contributed by atoms with E-state index in [9.17, 15) is 9.59 Å². The van der Waals surface area contributed by atoms with Gasteiger partial charge in [-0.1, -0.05) is 18.2 Å². The molecule has 178 valence electrons. The molecular formula is C27H25N3O5. The van der Waals surface area contributed by atoms with Crippen molar-refractivity contribution in [2.45, 2.75) is 39.0 Å². The van der Waals surface area contributed by atoms with Crippen molar-refractivity contribution in [1.82, 2.24) is 15.2 Å². The first-order valence-electron chi connectivity index (χ1n) is 11.7. The summed E-state index contributed by atoms with van der Waals surface area (Å²) in [6, 6.07) is 13.0. The number of rotatable bonds is 4. The molecule has 35 heavy (non-hydrogen) atoms. The maximum atomic E-state index is 13.2. The maximum absolute atomic E-state index is 13.2. The predicted octanol–water partition coefficient (Wildman–Crippen LogP) is 2.94. The zero-order chi connectivity index (χ0) is 23.9. The third kappa shape index (κ3) is 3.95. The lowest BCUT2D eigenvalue weighted by molar-refractivity contribution is -0.138. The minimum atomic E-state index is -0.479. The van der Waals surface area contributed by atoms with Crippen molar-refractivity contribution in [2.24, 2.45) is 0 Å². The third-order valence-corrected chi connectivity index (χ3v) is 6.89. The summed E-state index contributed by atoms with van der Waals surface area (Å²) in [7, 11) is 0. The van der Waals surface area contributed by atoms with Crippen LogP contribution in [0.1, 0.15) is 38.3 Å². The molecule has 0 unspecified atom stereocenters. The number of hydrogen-bond acceptors (Lipinski definition) is 6. The number of pyridine rings is 1. The summed E-state index contributed by atoms with van der Waals surface area (Å²) in [5, 5.41) is 3.01. The van der Waals surface area contributed by atoms with E-state index in [0.29, 0.717) is 49.5 Å². The Kier molecular flexibility index (Phi) is 5.28. The summed E-state index contributed by atoms with van der Waals surface area (Å²) < 4.78 is 16.6. The van der Waals surface area contributed by atoms with Crippen molar-refractivity contribution < 1.29 is 23.8 Å². The summed E-state index contributed by atoms with van der Waals surface area (Å²) in [5.41, 5.74) is 5.64. The van der Waals surface area contributed by atoms with Crippen molar-refractivity contribution >= 4 is 11.8 Å². The van der Waals surface area contributed by atoms with Crippen LogP contribution < -0.4 is 19.5 Å². The van der Waals surface area contributed by atoms with E-state index in [1.165, 1.54) is 0 Å². The van der Waals surface area contributed by atoms with Crippen molar-refractivity contribution in [3.63, 3.8) is 0 Å². The molecule has 0 radical (unpaired) electrons. The lowest BCUT2D eigenvalue weighted by Crippen LogP contribution is -2.44. The molecule has 1 atom stereocenters. The molecule has 2 aromatic carbocycles. The monoisotopic (exact) mass is 471 g/mol. The highest BCUT2D eigenvalue weighted by molar-refractivity contribution is 5.95. The lowest BCUT2D eigenvalue weighted by atomic mass is 9.94. The van der Waals surface area contributed by atoms with Crippen molar-refractivity contribution in [1.29, 1.82) is 0 Å². The van der Waals surface area contributed by atoms with Gasteiger partial charge in [-0.25, -0.2) is 0 Å². The molecule has 0 aliphatic carbocycles. The fraction of sp³-hybridized carbons (Fsp3) is 0.296. The molecule has 3 aromatic rings. The van der Waals surface area contributed by atoms with Gasteiger partial charge in [0.15, 0.2) is 17.6 Å². The number of carbonyl (C=O) groups is 2. The van der Waals surface area contributed by atoms with Crippen LogP contribution in [-0.2, 0) is 30.7 Å². The normalized spacial score (nSPS) is 17.4. The quantitative estimate of drug-likeness (QED) is 0.629. The molecule has 3 aliphatic heterocycles. The van der Waals surface area contributed by atoms with Gasteiger partial charge in [-0.2, -0.15) is 0 Å². The van der Waals surface area contributed by atoms with Gasteiger partial charge in [-0.3, -0.25) is 14.6 Å². The molecule has 4 heterocycles. The largest absolute Gasteiger partial charge is 0.480 e. The predicted molar refractivity (Wildman–Crippen MR) is 126 cm³/mol. The van der Waals surface area contributed by atoms with E-state index in [-0.39, 0.29) is 18.6 Å². The van der Waals surface area contributed by atoms with Crippen molar-refractivity contribution in [2.75, 3.05) is 13.3 Å². The number of para-hydroxylation sites is 1. The number of aryl methyl sites for hydroxylation is 1. The van der Waals surface area contributed by atoms with E-state index in [1.54, 1.807) is 18.2 Å². The number of nitrogens with one attached hydrogen (secondary N) is 1. The lowest BCUT2D eigenvalue weighted by Gasteiger charge is -2.32. The van der Waals surface area contributed by atoms with Crippen LogP contribution in [0.5, 0.6) is 17.2 Å². The summed E-state index contributed by atoms with van der Waals surface area (Å²) in [5.74, 6) is 1.83. The molecule has 1 N–H and O–H groups in total. The number of fused-ring (bicyclic) bond motifs is 3. The van der Waals surface area contributed by atoms with Crippen LogP contribution >= 0.6 is 0 Å². The Hall–Kier alpha value is -4.07. The Labute approximate surface area is 202 Å². The first-order valence-corrected chi connectivity index (χ1v) is 11.7. The molecular weight excluding hydrogens is 446 g/mol. The molecule has 0 fully saturated rings. The Balaban J connectivity index is 1.14. The number of carbonyl (C=O) groups excluding carboxylic acids is 2. The van der Waals surface area contributed by atoms with E-state index in [1.807, 2.05) is 42.3 Å². The van der Waals surface area contributed by atoms with Crippen LogP contribution in [0.2, 0.25) is 0 Å². The fourth-order valence-electron chi connectivity index (χ4n) is 4.98. The molecule has 0 saturated heterocycles. The topological polar surface area (TPSA) is 90.0 Å². The van der Waals surface area contributed by atoms with Crippen LogP contribution in [0, 0.1) is 6.92 Å². The van der Waals surface area contributed by atoms with E-state index < -0.39 is 6.10 Å². The molecule has 6 rings (SSSR count). The Morgan fingerprint density at radius 1 is 1.09 bits per heavy atom. The van der Waals surface area contributed by atoms with Crippen LogP contribution in [0.3, 0.4) is 0 Å². The van der Waals surface area contributed by atoms with Crippen LogP contribution in [0.4, 0.5) is 0 Å². The zero-order valence-electron chi connectivity index (χ0n) is 19.4. The average molecular weight is 472 g/mol. The van der Waals surface area contributed by atoms with Gasteiger partial charge >= 0.3 is 0 Å². The van der Waals surface area contributed by atoms with Crippen LogP contribution in [-0.4, -0.2) is 41.1 Å². The zero-order valence-corrected chi connectivity index (χ0v) is 19.4. The van der Waals surface area contributed by atoms with Crippen molar-refractivity contribution in [3.8, 4) is 17.2 Å².